The second-order valence-electron chi connectivity index (χ2n) is 9.59. The zero-order valence-corrected chi connectivity index (χ0v) is 19.3. The highest BCUT2D eigenvalue weighted by Crippen LogP contribution is 2.44. The molecule has 1 aliphatic carbocycles. The molecule has 6 nitrogen and oxygen atoms in total. The number of anilines is 1. The van der Waals surface area contributed by atoms with Crippen molar-refractivity contribution in [3.63, 3.8) is 0 Å². The lowest BCUT2D eigenvalue weighted by molar-refractivity contribution is -0.0384. The summed E-state index contributed by atoms with van der Waals surface area (Å²) in [5.41, 5.74) is 1.54. The zero-order chi connectivity index (χ0) is 24.5. The molecule has 1 amide bonds. The topological polar surface area (TPSA) is 80.7 Å². The minimum absolute atomic E-state index is 0.228. The van der Waals surface area contributed by atoms with Crippen molar-refractivity contribution in [1.29, 1.82) is 0 Å². The van der Waals surface area contributed by atoms with E-state index in [4.69, 9.17) is 0 Å². The van der Waals surface area contributed by atoms with Crippen LogP contribution in [0.5, 0.6) is 0 Å². The third-order valence-corrected chi connectivity index (χ3v) is 5.90. The molecule has 4 rings (SSSR count). The second kappa shape index (κ2) is 9.12. The lowest BCUT2D eigenvalue weighted by atomic mass is 9.83. The molecule has 0 aromatic carbocycles. The van der Waals surface area contributed by atoms with Crippen molar-refractivity contribution in [2.75, 3.05) is 5.32 Å². The molecule has 0 unspecified atom stereocenters. The maximum absolute atomic E-state index is 13.9. The molecule has 0 aliphatic heterocycles. The van der Waals surface area contributed by atoms with E-state index in [0.29, 0.717) is 28.5 Å². The molecule has 1 aliphatic rings. The summed E-state index contributed by atoms with van der Waals surface area (Å²) in [5.74, 6) is -3.53. The predicted octanol–water partition coefficient (Wildman–Crippen LogP) is 5.92. The van der Waals surface area contributed by atoms with Gasteiger partial charge in [0, 0.05) is 48.3 Å². The molecule has 34 heavy (non-hydrogen) atoms. The smallest absolute Gasteiger partial charge is 0.258 e. The van der Waals surface area contributed by atoms with Crippen molar-refractivity contribution in [1.82, 2.24) is 19.9 Å². The molecule has 9 heteroatoms. The van der Waals surface area contributed by atoms with Crippen LogP contribution in [-0.4, -0.2) is 31.8 Å². The molecule has 1 saturated carbocycles. The molecule has 0 saturated heterocycles. The second-order valence-corrected chi connectivity index (χ2v) is 9.59. The largest absolute Gasteiger partial charge is 0.320 e. The van der Waals surface area contributed by atoms with Crippen molar-refractivity contribution >= 4 is 11.6 Å². The Morgan fingerprint density at radius 3 is 2.35 bits per heavy atom. The van der Waals surface area contributed by atoms with Crippen LogP contribution in [0.3, 0.4) is 0 Å². The SMILES string of the molecule is CC(C)(C)c1ncc(C(=O)Nc2c(-c3cccc(F)n3)ccnc2C2CCC(F)(F)CC2)cn1. The van der Waals surface area contributed by atoms with Crippen LogP contribution in [0, 0.1) is 5.95 Å². The fraction of sp³-hybridized carbons (Fsp3) is 0.400. The van der Waals surface area contributed by atoms with E-state index < -0.39 is 17.8 Å². The number of amides is 1. The Labute approximate surface area is 196 Å². The minimum Gasteiger partial charge on any atom is -0.320 e. The van der Waals surface area contributed by atoms with Gasteiger partial charge in [0.2, 0.25) is 11.9 Å². The molecule has 0 radical (unpaired) electrons. The molecule has 0 bridgehead atoms. The Morgan fingerprint density at radius 1 is 1.06 bits per heavy atom. The Morgan fingerprint density at radius 2 is 1.74 bits per heavy atom. The molecule has 0 spiro atoms. The molecule has 1 N–H and O–H groups in total. The summed E-state index contributed by atoms with van der Waals surface area (Å²) >= 11 is 0. The van der Waals surface area contributed by atoms with E-state index in [1.54, 1.807) is 12.1 Å². The highest BCUT2D eigenvalue weighted by Gasteiger charge is 2.37. The van der Waals surface area contributed by atoms with E-state index in [2.05, 4.69) is 25.3 Å². The van der Waals surface area contributed by atoms with Crippen molar-refractivity contribution in [3.8, 4) is 11.3 Å². The number of carbonyl (C=O) groups excluding carboxylic acids is 1. The van der Waals surface area contributed by atoms with Gasteiger partial charge in [-0.3, -0.25) is 9.78 Å². The summed E-state index contributed by atoms with van der Waals surface area (Å²) in [6.07, 6.45) is 4.37. The van der Waals surface area contributed by atoms with Gasteiger partial charge in [0.1, 0.15) is 5.82 Å². The first-order chi connectivity index (χ1) is 16.0. The fourth-order valence-electron chi connectivity index (χ4n) is 4.02. The fourth-order valence-corrected chi connectivity index (χ4v) is 4.02. The molecule has 0 atom stereocenters. The zero-order valence-electron chi connectivity index (χ0n) is 19.3. The Bertz CT molecular complexity index is 1180. The highest BCUT2D eigenvalue weighted by atomic mass is 19.3. The summed E-state index contributed by atoms with van der Waals surface area (Å²) in [5, 5.41) is 2.86. The van der Waals surface area contributed by atoms with Crippen LogP contribution < -0.4 is 5.32 Å². The molecule has 3 aromatic heterocycles. The Hall–Kier alpha value is -3.36. The molecule has 3 heterocycles. The number of pyridine rings is 2. The number of nitrogens with zero attached hydrogens (tertiary/aromatic N) is 4. The van der Waals surface area contributed by atoms with Crippen molar-refractivity contribution in [3.05, 3.63) is 65.9 Å². The van der Waals surface area contributed by atoms with Crippen LogP contribution in [0.4, 0.5) is 18.9 Å². The summed E-state index contributed by atoms with van der Waals surface area (Å²) in [4.78, 5) is 30.1. The van der Waals surface area contributed by atoms with Crippen LogP contribution in [0.25, 0.3) is 11.3 Å². The third-order valence-electron chi connectivity index (χ3n) is 5.90. The molecule has 3 aromatic rings. The van der Waals surface area contributed by atoms with E-state index >= 15 is 0 Å². The van der Waals surface area contributed by atoms with Crippen LogP contribution in [-0.2, 0) is 5.41 Å². The molecule has 178 valence electrons. The predicted molar refractivity (Wildman–Crippen MR) is 122 cm³/mol. The van der Waals surface area contributed by atoms with Gasteiger partial charge >= 0.3 is 0 Å². The average Bonchev–Trinajstić information content (AvgIpc) is 2.79. The molecular weight excluding hydrogens is 443 g/mol. The van der Waals surface area contributed by atoms with E-state index in [0.717, 1.165) is 0 Å². The van der Waals surface area contributed by atoms with Crippen molar-refractivity contribution in [2.24, 2.45) is 0 Å². The first-order valence-corrected chi connectivity index (χ1v) is 11.2. The maximum atomic E-state index is 13.9. The normalized spacial score (nSPS) is 16.3. The third kappa shape index (κ3) is 5.24. The van der Waals surface area contributed by atoms with E-state index in [9.17, 15) is 18.0 Å². The number of alkyl halides is 2. The van der Waals surface area contributed by atoms with Crippen molar-refractivity contribution in [2.45, 2.75) is 63.7 Å². The van der Waals surface area contributed by atoms with E-state index in [1.807, 2.05) is 20.8 Å². The number of aromatic nitrogens is 4. The minimum atomic E-state index is -2.70. The van der Waals surface area contributed by atoms with Gasteiger partial charge in [-0.15, -0.1) is 0 Å². The summed E-state index contributed by atoms with van der Waals surface area (Å²) in [6, 6.07) is 5.98. The highest BCUT2D eigenvalue weighted by molar-refractivity contribution is 6.06. The van der Waals surface area contributed by atoms with Crippen LogP contribution in [0.1, 0.15) is 74.2 Å². The maximum Gasteiger partial charge on any atom is 0.258 e. The summed E-state index contributed by atoms with van der Waals surface area (Å²) < 4.78 is 41.4. The number of carbonyl (C=O) groups is 1. The summed E-state index contributed by atoms with van der Waals surface area (Å²) in [6.45, 7) is 5.90. The number of halogens is 3. The Kier molecular flexibility index (Phi) is 6.38. The van der Waals surface area contributed by atoms with E-state index in [-0.39, 0.29) is 42.6 Å². The van der Waals surface area contributed by atoms with Gasteiger partial charge in [-0.05, 0) is 31.0 Å². The van der Waals surface area contributed by atoms with Crippen molar-refractivity contribution < 1.29 is 18.0 Å². The van der Waals surface area contributed by atoms with Gasteiger partial charge in [0.15, 0.2) is 0 Å². The summed E-state index contributed by atoms with van der Waals surface area (Å²) in [7, 11) is 0. The quantitative estimate of drug-likeness (QED) is 0.480. The first kappa shape index (κ1) is 23.8. The molecule has 1 fully saturated rings. The number of rotatable bonds is 4. The van der Waals surface area contributed by atoms with Crippen LogP contribution >= 0.6 is 0 Å². The van der Waals surface area contributed by atoms with Gasteiger partial charge in [-0.25, -0.2) is 23.7 Å². The van der Waals surface area contributed by atoms with E-state index in [1.165, 1.54) is 30.7 Å². The Balaban J connectivity index is 1.72. The lowest BCUT2D eigenvalue weighted by Gasteiger charge is -2.29. The first-order valence-electron chi connectivity index (χ1n) is 11.2. The van der Waals surface area contributed by atoms with Crippen LogP contribution in [0.15, 0.2) is 42.9 Å². The van der Waals surface area contributed by atoms with Gasteiger partial charge in [-0.1, -0.05) is 26.8 Å². The number of hydrogen-bond donors (Lipinski definition) is 1. The standard InChI is InChI=1S/C25H26F3N5O/c1-24(2,3)23-30-13-16(14-31-23)22(34)33-21-17(18-5-4-6-19(26)32-18)9-12-29-20(21)15-7-10-25(27,28)11-8-15/h4-6,9,12-15H,7-8,10-11H2,1-3H3,(H,33,34). The number of nitrogens with one attached hydrogen (secondary N) is 1. The molecular formula is C25H26F3N5O. The average molecular weight is 470 g/mol. The van der Waals surface area contributed by atoms with Gasteiger partial charge < -0.3 is 5.32 Å². The lowest BCUT2D eigenvalue weighted by Crippen LogP contribution is -2.25. The number of hydrogen-bond acceptors (Lipinski definition) is 5. The van der Waals surface area contributed by atoms with Gasteiger partial charge in [-0.2, -0.15) is 4.39 Å². The van der Waals surface area contributed by atoms with Crippen LogP contribution in [0.2, 0.25) is 0 Å². The van der Waals surface area contributed by atoms with Gasteiger partial charge in [0.25, 0.3) is 5.91 Å². The van der Waals surface area contributed by atoms with Gasteiger partial charge in [0.05, 0.1) is 22.6 Å². The monoisotopic (exact) mass is 469 g/mol.